The van der Waals surface area contributed by atoms with Crippen molar-refractivity contribution in [1.29, 1.82) is 0 Å². The van der Waals surface area contributed by atoms with E-state index >= 15 is 0 Å². The summed E-state index contributed by atoms with van der Waals surface area (Å²) in [5, 5.41) is 0. The molecule has 0 aromatic heterocycles. The molecule has 0 aliphatic carbocycles. The van der Waals surface area contributed by atoms with Crippen molar-refractivity contribution < 1.29 is 23.5 Å². The predicted molar refractivity (Wildman–Crippen MR) is 124 cm³/mol. The zero-order chi connectivity index (χ0) is 23.9. The van der Waals surface area contributed by atoms with E-state index in [4.69, 9.17) is 9.47 Å². The summed E-state index contributed by atoms with van der Waals surface area (Å²) in [6.07, 6.45) is 5.45. The number of piperidine rings is 1. The van der Waals surface area contributed by atoms with Crippen LogP contribution < -0.4 is 0 Å². The number of hydrogen-bond acceptors (Lipinski definition) is 5. The maximum absolute atomic E-state index is 14.8. The van der Waals surface area contributed by atoms with Crippen LogP contribution in [0.1, 0.15) is 81.3 Å². The summed E-state index contributed by atoms with van der Waals surface area (Å²) < 4.78 is 25.3. The van der Waals surface area contributed by atoms with Crippen LogP contribution in [0.5, 0.6) is 0 Å². The molecule has 33 heavy (non-hydrogen) atoms. The highest BCUT2D eigenvalue weighted by atomic mass is 19.1. The minimum atomic E-state index is -0.507. The van der Waals surface area contributed by atoms with Gasteiger partial charge in [-0.1, -0.05) is 6.92 Å². The Labute approximate surface area is 196 Å². The fourth-order valence-corrected chi connectivity index (χ4v) is 6.01. The van der Waals surface area contributed by atoms with Crippen LogP contribution in [-0.4, -0.2) is 59.2 Å². The van der Waals surface area contributed by atoms with Gasteiger partial charge in [0, 0.05) is 31.2 Å². The van der Waals surface area contributed by atoms with Gasteiger partial charge in [0.2, 0.25) is 0 Å². The first-order valence-corrected chi connectivity index (χ1v) is 12.2. The SMILES string of the molecule is CC[C@H]1Cc2c(F)cc(C(=O)OC)cc2CN1CC1CC2CCC(C1)N2C(=O)OC(C)(C)C. The summed E-state index contributed by atoms with van der Waals surface area (Å²) in [4.78, 5) is 29.2. The molecule has 4 rings (SSSR count). The number of esters is 1. The van der Waals surface area contributed by atoms with Crippen molar-refractivity contribution in [2.24, 2.45) is 5.92 Å². The first-order valence-electron chi connectivity index (χ1n) is 12.2. The van der Waals surface area contributed by atoms with Crippen LogP contribution in [0.3, 0.4) is 0 Å². The Bertz CT molecular complexity index is 898. The molecule has 1 amide bonds. The van der Waals surface area contributed by atoms with Gasteiger partial charge in [-0.15, -0.1) is 0 Å². The predicted octanol–water partition coefficient (Wildman–Crippen LogP) is 4.93. The zero-order valence-electron chi connectivity index (χ0n) is 20.5. The molecule has 3 aliphatic heterocycles. The molecule has 0 N–H and O–H groups in total. The van der Waals surface area contributed by atoms with E-state index in [1.165, 1.54) is 13.2 Å². The highest BCUT2D eigenvalue weighted by Crippen LogP contribution is 2.41. The summed E-state index contributed by atoms with van der Waals surface area (Å²) in [5.74, 6) is -0.327. The number of halogens is 1. The number of benzene rings is 1. The molecule has 6 nitrogen and oxygen atoms in total. The van der Waals surface area contributed by atoms with Gasteiger partial charge in [0.25, 0.3) is 0 Å². The fraction of sp³-hybridized carbons (Fsp3) is 0.692. The van der Waals surface area contributed by atoms with Crippen LogP contribution in [0.4, 0.5) is 9.18 Å². The molecule has 2 bridgehead atoms. The number of methoxy groups -OCH3 is 1. The third-order valence-corrected chi connectivity index (χ3v) is 7.44. The molecule has 3 atom stereocenters. The number of carbonyl (C=O) groups excluding carboxylic acids is 2. The Morgan fingerprint density at radius 1 is 1.15 bits per heavy atom. The van der Waals surface area contributed by atoms with E-state index in [9.17, 15) is 14.0 Å². The van der Waals surface area contributed by atoms with Crippen molar-refractivity contribution in [3.05, 3.63) is 34.6 Å². The normalized spacial score (nSPS) is 27.3. The van der Waals surface area contributed by atoms with Crippen molar-refractivity contribution >= 4 is 12.1 Å². The average molecular weight is 461 g/mol. The lowest BCUT2D eigenvalue weighted by atomic mass is 9.86. The van der Waals surface area contributed by atoms with Gasteiger partial charge in [-0.2, -0.15) is 0 Å². The van der Waals surface area contributed by atoms with Gasteiger partial charge in [0.1, 0.15) is 11.4 Å². The van der Waals surface area contributed by atoms with E-state index in [-0.39, 0.29) is 35.6 Å². The first kappa shape index (κ1) is 24.0. The Hall–Kier alpha value is -2.15. The van der Waals surface area contributed by atoms with E-state index in [2.05, 4.69) is 11.8 Å². The third kappa shape index (κ3) is 5.03. The minimum absolute atomic E-state index is 0.183. The number of ether oxygens (including phenoxy) is 2. The van der Waals surface area contributed by atoms with Gasteiger partial charge in [0.05, 0.1) is 12.7 Å². The number of amides is 1. The van der Waals surface area contributed by atoms with Gasteiger partial charge >= 0.3 is 12.1 Å². The molecule has 1 aromatic carbocycles. The summed E-state index contributed by atoms with van der Waals surface area (Å²) in [6, 6.07) is 3.85. The van der Waals surface area contributed by atoms with Crippen LogP contribution in [0.25, 0.3) is 0 Å². The Morgan fingerprint density at radius 3 is 2.39 bits per heavy atom. The van der Waals surface area contributed by atoms with E-state index in [1.807, 2.05) is 25.7 Å². The summed E-state index contributed by atoms with van der Waals surface area (Å²) in [6.45, 7) is 9.44. The maximum atomic E-state index is 14.8. The molecule has 0 saturated carbocycles. The van der Waals surface area contributed by atoms with Crippen molar-refractivity contribution in [2.45, 2.75) is 96.5 Å². The van der Waals surface area contributed by atoms with E-state index < -0.39 is 11.6 Å². The monoisotopic (exact) mass is 460 g/mol. The lowest BCUT2D eigenvalue weighted by Crippen LogP contribution is -2.51. The van der Waals surface area contributed by atoms with E-state index in [1.54, 1.807) is 6.07 Å². The number of carbonyl (C=O) groups is 2. The lowest BCUT2D eigenvalue weighted by Gasteiger charge is -2.43. The Morgan fingerprint density at radius 2 is 1.82 bits per heavy atom. The number of hydrogen-bond donors (Lipinski definition) is 0. The third-order valence-electron chi connectivity index (χ3n) is 7.44. The molecule has 3 aliphatic rings. The molecule has 0 radical (unpaired) electrons. The van der Waals surface area contributed by atoms with Gasteiger partial charge in [-0.25, -0.2) is 14.0 Å². The number of rotatable bonds is 4. The molecule has 7 heteroatoms. The molecular weight excluding hydrogens is 423 g/mol. The first-order chi connectivity index (χ1) is 15.6. The summed E-state index contributed by atoms with van der Waals surface area (Å²) in [7, 11) is 1.32. The van der Waals surface area contributed by atoms with Crippen molar-refractivity contribution in [3.8, 4) is 0 Å². The van der Waals surface area contributed by atoms with Crippen LogP contribution in [-0.2, 0) is 22.4 Å². The van der Waals surface area contributed by atoms with Gasteiger partial charge in [0.15, 0.2) is 0 Å². The molecule has 2 unspecified atom stereocenters. The minimum Gasteiger partial charge on any atom is -0.465 e. The molecule has 0 spiro atoms. The van der Waals surface area contributed by atoms with E-state index in [0.717, 1.165) is 49.8 Å². The zero-order valence-corrected chi connectivity index (χ0v) is 20.5. The highest BCUT2D eigenvalue weighted by molar-refractivity contribution is 5.89. The van der Waals surface area contributed by atoms with Crippen molar-refractivity contribution in [2.75, 3.05) is 13.7 Å². The van der Waals surface area contributed by atoms with Crippen LogP contribution in [0, 0.1) is 11.7 Å². The Balaban J connectivity index is 1.46. The van der Waals surface area contributed by atoms with Gasteiger partial charge in [-0.05, 0) is 88.5 Å². The van der Waals surface area contributed by atoms with Gasteiger partial charge < -0.3 is 14.4 Å². The van der Waals surface area contributed by atoms with Crippen LogP contribution >= 0.6 is 0 Å². The van der Waals surface area contributed by atoms with Crippen molar-refractivity contribution in [1.82, 2.24) is 9.80 Å². The van der Waals surface area contributed by atoms with Gasteiger partial charge in [-0.3, -0.25) is 4.90 Å². The standard InChI is InChI=1S/C26H37FN2O4/c1-6-19-13-22-18(11-17(12-23(22)27)24(30)32-5)15-28(19)14-16-9-20-7-8-21(10-16)29(20)25(31)33-26(2,3)4/h11-12,16,19-21H,6-10,13-15H2,1-5H3/t16?,19-,20?,21?/m0/s1. The molecule has 182 valence electrons. The average Bonchev–Trinajstić information content (AvgIpc) is 3.02. The second-order valence-electron chi connectivity index (χ2n) is 10.9. The number of nitrogens with zero attached hydrogens (tertiary/aromatic N) is 2. The molecule has 2 saturated heterocycles. The van der Waals surface area contributed by atoms with Crippen LogP contribution in [0.15, 0.2) is 12.1 Å². The quantitative estimate of drug-likeness (QED) is 0.597. The smallest absolute Gasteiger partial charge is 0.410 e. The second kappa shape index (κ2) is 9.24. The van der Waals surface area contributed by atoms with Crippen LogP contribution in [0.2, 0.25) is 0 Å². The fourth-order valence-electron chi connectivity index (χ4n) is 6.01. The molecule has 1 aromatic rings. The maximum Gasteiger partial charge on any atom is 0.410 e. The van der Waals surface area contributed by atoms with Crippen molar-refractivity contribution in [3.63, 3.8) is 0 Å². The van der Waals surface area contributed by atoms with E-state index in [0.29, 0.717) is 18.9 Å². The molecular formula is C26H37FN2O4. The molecule has 3 heterocycles. The lowest BCUT2D eigenvalue weighted by molar-refractivity contribution is -0.00216. The Kier molecular flexibility index (Phi) is 6.72. The molecule has 2 fully saturated rings. The highest BCUT2D eigenvalue weighted by Gasteiger charge is 2.45. The summed E-state index contributed by atoms with van der Waals surface area (Å²) in [5.41, 5.74) is 1.40. The number of fused-ring (bicyclic) bond motifs is 3. The second-order valence-corrected chi connectivity index (χ2v) is 10.9. The largest absolute Gasteiger partial charge is 0.465 e. The topological polar surface area (TPSA) is 59.1 Å². The summed E-state index contributed by atoms with van der Waals surface area (Å²) >= 11 is 0.